The summed E-state index contributed by atoms with van der Waals surface area (Å²) in [6.07, 6.45) is 4.02. The third kappa shape index (κ3) is 1.35. The summed E-state index contributed by atoms with van der Waals surface area (Å²) >= 11 is 0. The van der Waals surface area contributed by atoms with Crippen LogP contribution in [-0.2, 0) is 10.2 Å². The first-order chi connectivity index (χ1) is 8.12. The second-order valence-electron chi connectivity index (χ2n) is 4.68. The number of pyridine rings is 1. The molecule has 5 nitrogen and oxygen atoms in total. The first-order valence-corrected chi connectivity index (χ1v) is 5.69. The second kappa shape index (κ2) is 3.29. The number of hydrogen-bond donors (Lipinski definition) is 1. The van der Waals surface area contributed by atoms with Gasteiger partial charge in [0.1, 0.15) is 5.41 Å². The molecule has 2 aromatic heterocycles. The number of rotatable bonds is 2. The molecule has 0 unspecified atom stereocenters. The topological polar surface area (TPSA) is 67.5 Å². The van der Waals surface area contributed by atoms with Crippen molar-refractivity contribution in [1.82, 2.24) is 14.6 Å². The van der Waals surface area contributed by atoms with Crippen LogP contribution in [-0.4, -0.2) is 25.7 Å². The Morgan fingerprint density at radius 1 is 1.53 bits per heavy atom. The van der Waals surface area contributed by atoms with Crippen molar-refractivity contribution in [3.8, 4) is 0 Å². The summed E-state index contributed by atoms with van der Waals surface area (Å²) in [5, 5.41) is 13.6. The molecule has 5 heteroatoms. The van der Waals surface area contributed by atoms with Gasteiger partial charge in [0.25, 0.3) is 0 Å². The van der Waals surface area contributed by atoms with E-state index in [1.54, 1.807) is 4.52 Å². The Bertz CT molecular complexity index is 599. The lowest BCUT2D eigenvalue weighted by molar-refractivity contribution is -0.147. The average molecular weight is 231 g/mol. The van der Waals surface area contributed by atoms with Gasteiger partial charge in [-0.05, 0) is 37.5 Å². The Morgan fingerprint density at radius 3 is 2.88 bits per heavy atom. The van der Waals surface area contributed by atoms with Crippen molar-refractivity contribution in [1.29, 1.82) is 0 Å². The van der Waals surface area contributed by atoms with Gasteiger partial charge in [-0.25, -0.2) is 9.50 Å². The van der Waals surface area contributed by atoms with Crippen molar-refractivity contribution in [2.24, 2.45) is 0 Å². The lowest BCUT2D eigenvalue weighted by atomic mass is 9.68. The van der Waals surface area contributed by atoms with Crippen molar-refractivity contribution in [3.63, 3.8) is 0 Å². The highest BCUT2D eigenvalue weighted by atomic mass is 16.4. The molecule has 1 N–H and O–H groups in total. The Balaban J connectivity index is 2.14. The van der Waals surface area contributed by atoms with Crippen LogP contribution in [0.3, 0.4) is 0 Å². The van der Waals surface area contributed by atoms with Crippen LogP contribution in [0.5, 0.6) is 0 Å². The van der Waals surface area contributed by atoms with E-state index in [2.05, 4.69) is 10.1 Å². The van der Waals surface area contributed by atoms with Gasteiger partial charge in [0.2, 0.25) is 0 Å². The van der Waals surface area contributed by atoms with Gasteiger partial charge in [0, 0.05) is 6.20 Å². The Kier molecular flexibility index (Phi) is 1.98. The molecule has 2 aromatic rings. The number of aryl methyl sites for hydroxylation is 1. The second-order valence-corrected chi connectivity index (χ2v) is 4.68. The monoisotopic (exact) mass is 231 g/mol. The summed E-state index contributed by atoms with van der Waals surface area (Å²) in [6, 6.07) is 3.84. The molecule has 1 aliphatic rings. The van der Waals surface area contributed by atoms with E-state index in [1.807, 2.05) is 25.3 Å². The van der Waals surface area contributed by atoms with Gasteiger partial charge < -0.3 is 5.11 Å². The first-order valence-electron chi connectivity index (χ1n) is 5.69. The quantitative estimate of drug-likeness (QED) is 0.851. The number of hydrogen-bond acceptors (Lipinski definition) is 3. The van der Waals surface area contributed by atoms with Crippen LogP contribution >= 0.6 is 0 Å². The summed E-state index contributed by atoms with van der Waals surface area (Å²) in [4.78, 5) is 15.7. The van der Waals surface area contributed by atoms with Crippen molar-refractivity contribution in [2.75, 3.05) is 0 Å². The lowest BCUT2D eigenvalue weighted by Crippen LogP contribution is -2.43. The number of carboxylic acid groups (broad SMARTS) is 1. The van der Waals surface area contributed by atoms with E-state index in [1.165, 1.54) is 0 Å². The van der Waals surface area contributed by atoms with Gasteiger partial charge >= 0.3 is 5.97 Å². The minimum Gasteiger partial charge on any atom is -0.480 e. The van der Waals surface area contributed by atoms with Crippen molar-refractivity contribution in [3.05, 3.63) is 29.7 Å². The lowest BCUT2D eigenvalue weighted by Gasteiger charge is -2.34. The molecule has 0 aliphatic heterocycles. The molecule has 1 saturated carbocycles. The number of aliphatic carboxylic acids is 1. The van der Waals surface area contributed by atoms with E-state index in [4.69, 9.17) is 0 Å². The van der Waals surface area contributed by atoms with Crippen LogP contribution in [0.25, 0.3) is 5.65 Å². The van der Waals surface area contributed by atoms with Crippen LogP contribution in [0, 0.1) is 6.92 Å². The molecule has 0 bridgehead atoms. The Morgan fingerprint density at radius 2 is 2.29 bits per heavy atom. The standard InChI is InChI=1S/C12H13N3O2/c1-8-3-6-15-9(7-8)13-10(14-15)12(11(16)17)4-2-5-12/h3,6-7H,2,4-5H2,1H3,(H,16,17). The molecule has 0 spiro atoms. The smallest absolute Gasteiger partial charge is 0.317 e. The Labute approximate surface area is 98.1 Å². The van der Waals surface area contributed by atoms with Crippen LogP contribution in [0.2, 0.25) is 0 Å². The maximum absolute atomic E-state index is 11.4. The van der Waals surface area contributed by atoms with Crippen LogP contribution < -0.4 is 0 Å². The molecule has 0 saturated heterocycles. The van der Waals surface area contributed by atoms with Crippen molar-refractivity contribution < 1.29 is 9.90 Å². The number of aromatic nitrogens is 3. The van der Waals surface area contributed by atoms with Crippen LogP contribution in [0.4, 0.5) is 0 Å². The minimum absolute atomic E-state index is 0.446. The molecular weight excluding hydrogens is 218 g/mol. The summed E-state index contributed by atoms with van der Waals surface area (Å²) in [7, 11) is 0. The molecule has 0 atom stereocenters. The van der Waals surface area contributed by atoms with Gasteiger partial charge in [-0.1, -0.05) is 6.42 Å². The summed E-state index contributed by atoms with van der Waals surface area (Å²) < 4.78 is 1.64. The number of fused-ring (bicyclic) bond motifs is 1. The summed E-state index contributed by atoms with van der Waals surface area (Å²) in [6.45, 7) is 1.98. The van der Waals surface area contributed by atoms with E-state index < -0.39 is 11.4 Å². The molecule has 17 heavy (non-hydrogen) atoms. The van der Waals surface area contributed by atoms with E-state index in [9.17, 15) is 9.90 Å². The van der Waals surface area contributed by atoms with Crippen molar-refractivity contribution in [2.45, 2.75) is 31.6 Å². The predicted molar refractivity (Wildman–Crippen MR) is 60.9 cm³/mol. The van der Waals surface area contributed by atoms with E-state index >= 15 is 0 Å². The zero-order valence-electron chi connectivity index (χ0n) is 9.55. The average Bonchev–Trinajstić information content (AvgIpc) is 2.57. The molecule has 1 fully saturated rings. The van der Waals surface area contributed by atoms with E-state index in [-0.39, 0.29) is 0 Å². The minimum atomic E-state index is -0.847. The molecular formula is C12H13N3O2. The van der Waals surface area contributed by atoms with E-state index in [0.717, 1.165) is 12.0 Å². The maximum Gasteiger partial charge on any atom is 0.317 e. The van der Waals surface area contributed by atoms with Crippen LogP contribution in [0.15, 0.2) is 18.3 Å². The third-order valence-corrected chi connectivity index (χ3v) is 3.54. The molecule has 0 aromatic carbocycles. The molecule has 0 radical (unpaired) electrons. The highest BCUT2D eigenvalue weighted by Crippen LogP contribution is 2.42. The fourth-order valence-electron chi connectivity index (χ4n) is 2.25. The highest BCUT2D eigenvalue weighted by molar-refractivity contribution is 5.81. The Hall–Kier alpha value is -1.91. The zero-order chi connectivity index (χ0) is 12.0. The van der Waals surface area contributed by atoms with Crippen LogP contribution in [0.1, 0.15) is 30.7 Å². The van der Waals surface area contributed by atoms with Gasteiger partial charge in [-0.3, -0.25) is 4.79 Å². The number of carboxylic acids is 1. The maximum atomic E-state index is 11.4. The van der Waals surface area contributed by atoms with Gasteiger partial charge in [0.15, 0.2) is 11.5 Å². The third-order valence-electron chi connectivity index (χ3n) is 3.54. The largest absolute Gasteiger partial charge is 0.480 e. The van der Waals surface area contributed by atoms with Gasteiger partial charge in [0.05, 0.1) is 0 Å². The molecule has 88 valence electrons. The zero-order valence-corrected chi connectivity index (χ0v) is 9.55. The SMILES string of the molecule is Cc1ccn2nc(C3(C(=O)O)CCC3)nc2c1. The summed E-state index contributed by atoms with van der Waals surface area (Å²) in [5.74, 6) is -0.363. The first kappa shape index (κ1) is 10.3. The molecule has 2 heterocycles. The molecule has 0 amide bonds. The number of nitrogens with zero attached hydrogens (tertiary/aromatic N) is 3. The fourth-order valence-corrected chi connectivity index (χ4v) is 2.25. The number of carbonyl (C=O) groups is 1. The molecule has 3 rings (SSSR count). The fraction of sp³-hybridized carbons (Fsp3) is 0.417. The predicted octanol–water partition coefficient (Wildman–Crippen LogP) is 1.54. The molecule has 1 aliphatic carbocycles. The van der Waals surface area contributed by atoms with Gasteiger partial charge in [-0.2, -0.15) is 5.10 Å². The highest BCUT2D eigenvalue weighted by Gasteiger charge is 2.49. The summed E-state index contributed by atoms with van der Waals surface area (Å²) in [5.41, 5.74) is 0.960. The van der Waals surface area contributed by atoms with Crippen molar-refractivity contribution >= 4 is 11.6 Å². The van der Waals surface area contributed by atoms with E-state index in [0.29, 0.717) is 24.3 Å². The normalized spacial score (nSPS) is 17.9. The van der Waals surface area contributed by atoms with Gasteiger partial charge in [-0.15, -0.1) is 0 Å².